The van der Waals surface area contributed by atoms with Gasteiger partial charge in [0, 0.05) is 34.3 Å². The molecule has 1 aliphatic heterocycles. The molecule has 0 amide bonds. The summed E-state index contributed by atoms with van der Waals surface area (Å²) >= 11 is 6.55. The zero-order valence-electron chi connectivity index (χ0n) is 17.8. The highest BCUT2D eigenvalue weighted by Crippen LogP contribution is 2.47. The van der Waals surface area contributed by atoms with E-state index in [1.807, 2.05) is 50.2 Å². The van der Waals surface area contributed by atoms with E-state index in [-0.39, 0.29) is 11.7 Å². The smallest absolute Gasteiger partial charge is 0.336 e. The molecule has 2 unspecified atom stereocenters. The van der Waals surface area contributed by atoms with Crippen LogP contribution in [0.3, 0.4) is 0 Å². The number of ether oxygens (including phenoxy) is 1. The number of halogens is 1. The monoisotopic (exact) mass is 435 g/mol. The third kappa shape index (κ3) is 4.17. The minimum Gasteiger partial charge on any atom is -0.462 e. The van der Waals surface area contributed by atoms with Gasteiger partial charge in [0.05, 0.1) is 12.2 Å². The van der Waals surface area contributed by atoms with Crippen LogP contribution in [0.4, 0.5) is 0 Å². The molecule has 0 bridgehead atoms. The summed E-state index contributed by atoms with van der Waals surface area (Å²) < 4.78 is 5.48. The van der Waals surface area contributed by atoms with Crippen LogP contribution in [0.5, 0.6) is 0 Å². The van der Waals surface area contributed by atoms with E-state index in [1.165, 1.54) is 0 Å². The molecule has 160 valence electrons. The molecule has 2 aliphatic rings. The van der Waals surface area contributed by atoms with Crippen molar-refractivity contribution in [1.82, 2.24) is 5.32 Å². The molecule has 4 rings (SSSR count). The molecule has 1 N–H and O–H groups in total. The zero-order valence-corrected chi connectivity index (χ0v) is 18.5. The van der Waals surface area contributed by atoms with Crippen LogP contribution in [0.15, 0.2) is 77.1 Å². The molecular weight excluding hydrogens is 410 g/mol. The maximum atomic E-state index is 13.5. The van der Waals surface area contributed by atoms with Crippen molar-refractivity contribution in [2.45, 2.75) is 44.9 Å². The van der Waals surface area contributed by atoms with Gasteiger partial charge in [-0.2, -0.15) is 0 Å². The quantitative estimate of drug-likeness (QED) is 0.616. The fourth-order valence-corrected chi connectivity index (χ4v) is 4.81. The van der Waals surface area contributed by atoms with Crippen molar-refractivity contribution >= 4 is 23.4 Å². The van der Waals surface area contributed by atoms with Crippen molar-refractivity contribution in [3.63, 3.8) is 0 Å². The third-order valence-corrected chi connectivity index (χ3v) is 6.32. The summed E-state index contributed by atoms with van der Waals surface area (Å²) in [5.74, 6) is -0.783. The highest BCUT2D eigenvalue weighted by atomic mass is 35.5. The molecule has 2 atom stereocenters. The van der Waals surface area contributed by atoms with Gasteiger partial charge in [-0.1, -0.05) is 67.1 Å². The Morgan fingerprint density at radius 2 is 1.81 bits per heavy atom. The second-order valence-electron chi connectivity index (χ2n) is 8.09. The van der Waals surface area contributed by atoms with E-state index in [1.54, 1.807) is 6.07 Å². The van der Waals surface area contributed by atoms with Gasteiger partial charge in [0.25, 0.3) is 0 Å². The van der Waals surface area contributed by atoms with Crippen LogP contribution in [0.1, 0.15) is 56.1 Å². The lowest BCUT2D eigenvalue weighted by Crippen LogP contribution is -2.36. The second-order valence-corrected chi connectivity index (χ2v) is 8.49. The minimum atomic E-state index is -0.529. The molecule has 0 fully saturated rings. The molecule has 5 heteroatoms. The van der Waals surface area contributed by atoms with Crippen LogP contribution >= 0.6 is 11.6 Å². The third-order valence-electron chi connectivity index (χ3n) is 5.97. The highest BCUT2D eigenvalue weighted by molar-refractivity contribution is 6.31. The molecular formula is C26H26ClNO3. The Morgan fingerprint density at radius 3 is 2.52 bits per heavy atom. The van der Waals surface area contributed by atoms with E-state index < -0.39 is 11.9 Å². The Kier molecular flexibility index (Phi) is 6.28. The minimum absolute atomic E-state index is 0.0424. The van der Waals surface area contributed by atoms with E-state index in [2.05, 4.69) is 17.4 Å². The zero-order chi connectivity index (χ0) is 22.0. The number of esters is 1. The summed E-state index contributed by atoms with van der Waals surface area (Å²) in [4.78, 5) is 26.5. The average molecular weight is 436 g/mol. The largest absolute Gasteiger partial charge is 0.462 e. The first-order chi connectivity index (χ1) is 15.0. The molecule has 0 aromatic heterocycles. The standard InChI is InChI=1S/C26H26ClNO3/c1-3-13-31-26(30)23-16(2)28-21-14-18(17-9-5-4-6-10-17)15-22(29)25(21)24(23)19-11-7-8-12-20(19)27/h4-12,18,24,28H,3,13-15H2,1-2H3. The molecule has 1 aliphatic carbocycles. The van der Waals surface area contributed by atoms with Gasteiger partial charge in [-0.25, -0.2) is 4.79 Å². The van der Waals surface area contributed by atoms with Gasteiger partial charge >= 0.3 is 5.97 Å². The number of benzene rings is 2. The van der Waals surface area contributed by atoms with Gasteiger partial charge in [-0.3, -0.25) is 4.79 Å². The number of Topliss-reactive ketones (excluding diaryl/α,β-unsaturated/α-hetero) is 1. The van der Waals surface area contributed by atoms with Crippen molar-refractivity contribution < 1.29 is 14.3 Å². The molecule has 4 nitrogen and oxygen atoms in total. The van der Waals surface area contributed by atoms with Gasteiger partial charge < -0.3 is 10.1 Å². The number of ketones is 1. The van der Waals surface area contributed by atoms with Crippen molar-refractivity contribution in [2.24, 2.45) is 0 Å². The maximum absolute atomic E-state index is 13.5. The Labute approximate surface area is 187 Å². The number of hydrogen-bond acceptors (Lipinski definition) is 4. The number of dihydropyridines is 1. The Balaban J connectivity index is 1.80. The predicted molar refractivity (Wildman–Crippen MR) is 122 cm³/mol. The number of nitrogens with one attached hydrogen (secondary N) is 1. The van der Waals surface area contributed by atoms with E-state index >= 15 is 0 Å². The summed E-state index contributed by atoms with van der Waals surface area (Å²) in [5, 5.41) is 3.90. The van der Waals surface area contributed by atoms with Crippen LogP contribution in [0.2, 0.25) is 5.02 Å². The van der Waals surface area contributed by atoms with E-state index in [0.717, 1.165) is 23.2 Å². The van der Waals surface area contributed by atoms with Crippen molar-refractivity contribution in [2.75, 3.05) is 6.61 Å². The summed E-state index contributed by atoms with van der Waals surface area (Å²) in [5.41, 5.74) is 4.59. The van der Waals surface area contributed by atoms with Gasteiger partial charge in [-0.15, -0.1) is 0 Å². The first-order valence-corrected chi connectivity index (χ1v) is 11.1. The van der Waals surface area contributed by atoms with E-state index in [9.17, 15) is 9.59 Å². The van der Waals surface area contributed by atoms with Crippen molar-refractivity contribution in [3.05, 3.63) is 93.3 Å². The van der Waals surface area contributed by atoms with Gasteiger partial charge in [0.2, 0.25) is 0 Å². The molecule has 0 saturated heterocycles. The topological polar surface area (TPSA) is 55.4 Å². The molecule has 2 aromatic carbocycles. The van der Waals surface area contributed by atoms with Gasteiger partial charge in [-0.05, 0) is 42.9 Å². The number of carbonyl (C=O) groups is 2. The molecule has 31 heavy (non-hydrogen) atoms. The normalized spacial score (nSPS) is 20.9. The number of rotatable bonds is 5. The summed E-state index contributed by atoms with van der Waals surface area (Å²) in [7, 11) is 0. The molecule has 1 heterocycles. The molecule has 0 spiro atoms. The fourth-order valence-electron chi connectivity index (χ4n) is 4.56. The number of allylic oxidation sites excluding steroid dienone is 3. The van der Waals surface area contributed by atoms with E-state index in [0.29, 0.717) is 41.3 Å². The summed E-state index contributed by atoms with van der Waals surface area (Å²) in [6, 6.07) is 17.5. The fraction of sp³-hybridized carbons (Fsp3) is 0.308. The lowest BCUT2D eigenvalue weighted by atomic mass is 9.71. The highest BCUT2D eigenvalue weighted by Gasteiger charge is 2.42. The number of hydrogen-bond donors (Lipinski definition) is 1. The van der Waals surface area contributed by atoms with E-state index in [4.69, 9.17) is 16.3 Å². The van der Waals surface area contributed by atoms with Gasteiger partial charge in [0.1, 0.15) is 0 Å². The van der Waals surface area contributed by atoms with Crippen LogP contribution in [0, 0.1) is 0 Å². The first-order valence-electron chi connectivity index (χ1n) is 10.7. The lowest BCUT2D eigenvalue weighted by Gasteiger charge is -2.37. The number of carbonyl (C=O) groups excluding carboxylic acids is 2. The second kappa shape index (κ2) is 9.11. The first kappa shape index (κ1) is 21.4. The predicted octanol–water partition coefficient (Wildman–Crippen LogP) is 5.65. The molecule has 2 aromatic rings. The molecule has 0 saturated carbocycles. The lowest BCUT2D eigenvalue weighted by molar-refractivity contribution is -0.139. The molecule has 0 radical (unpaired) electrons. The summed E-state index contributed by atoms with van der Waals surface area (Å²) in [6.07, 6.45) is 1.84. The Morgan fingerprint density at radius 1 is 1.10 bits per heavy atom. The van der Waals surface area contributed by atoms with Crippen LogP contribution in [-0.2, 0) is 14.3 Å². The Hall–Kier alpha value is -2.85. The van der Waals surface area contributed by atoms with Crippen LogP contribution in [-0.4, -0.2) is 18.4 Å². The van der Waals surface area contributed by atoms with Crippen molar-refractivity contribution in [3.8, 4) is 0 Å². The average Bonchev–Trinajstić information content (AvgIpc) is 2.77. The van der Waals surface area contributed by atoms with Crippen molar-refractivity contribution in [1.29, 1.82) is 0 Å². The summed E-state index contributed by atoms with van der Waals surface area (Å²) in [6.45, 7) is 4.15. The van der Waals surface area contributed by atoms with Crippen LogP contribution < -0.4 is 5.32 Å². The van der Waals surface area contributed by atoms with Crippen LogP contribution in [0.25, 0.3) is 0 Å². The SMILES string of the molecule is CCCOC(=O)C1=C(C)NC2=C(C(=O)CC(c3ccccc3)C2)C1c1ccccc1Cl. The van der Waals surface area contributed by atoms with Gasteiger partial charge in [0.15, 0.2) is 5.78 Å². The Bertz CT molecular complexity index is 1070. The maximum Gasteiger partial charge on any atom is 0.336 e.